The maximum atomic E-state index is 11.7. The van der Waals surface area contributed by atoms with Crippen molar-refractivity contribution in [2.75, 3.05) is 13.6 Å². The molecule has 0 radical (unpaired) electrons. The summed E-state index contributed by atoms with van der Waals surface area (Å²) in [6.45, 7) is 6.78. The summed E-state index contributed by atoms with van der Waals surface area (Å²) < 4.78 is 4.57. The number of aromatic nitrogens is 2. The maximum Gasteiger partial charge on any atom is 0.239 e. The van der Waals surface area contributed by atoms with E-state index in [9.17, 15) is 4.79 Å². The lowest BCUT2D eigenvalue weighted by molar-refractivity contribution is -0.131. The Morgan fingerprint density at radius 2 is 2.25 bits per heavy atom. The molecule has 1 aromatic heterocycles. The molecule has 0 aliphatic heterocycles. The number of rotatable bonds is 5. The molecule has 0 aliphatic carbocycles. The minimum Gasteiger partial charge on any atom is -0.345 e. The van der Waals surface area contributed by atoms with Crippen LogP contribution in [-0.4, -0.2) is 40.8 Å². The van der Waals surface area contributed by atoms with Crippen molar-refractivity contribution >= 4 is 5.91 Å². The third-order valence-electron chi connectivity index (χ3n) is 2.54. The number of hydrogen-bond acceptors (Lipinski definition) is 5. The molecule has 0 aromatic carbocycles. The minimum absolute atomic E-state index is 0.0663. The van der Waals surface area contributed by atoms with Crippen LogP contribution < -0.4 is 5.32 Å². The smallest absolute Gasteiger partial charge is 0.239 e. The molecule has 1 unspecified atom stereocenters. The topological polar surface area (TPSA) is 71.3 Å². The fourth-order valence-electron chi connectivity index (χ4n) is 1.23. The zero-order valence-corrected chi connectivity index (χ0v) is 10.1. The van der Waals surface area contributed by atoms with Crippen molar-refractivity contribution in [1.82, 2.24) is 20.5 Å². The van der Waals surface area contributed by atoms with E-state index in [-0.39, 0.29) is 11.9 Å². The molecule has 1 N–H and O–H groups in total. The predicted octanol–water partition coefficient (Wildman–Crippen LogP) is 0.334. The predicted molar refractivity (Wildman–Crippen MR) is 58.6 cm³/mol. The van der Waals surface area contributed by atoms with E-state index in [1.807, 2.05) is 20.8 Å². The van der Waals surface area contributed by atoms with Crippen LogP contribution in [0.15, 0.2) is 4.63 Å². The molecule has 0 fully saturated rings. The Balaban J connectivity index is 2.44. The molecule has 0 saturated carbocycles. The Morgan fingerprint density at radius 1 is 1.56 bits per heavy atom. The van der Waals surface area contributed by atoms with E-state index in [0.717, 1.165) is 11.4 Å². The molecule has 90 valence electrons. The highest BCUT2D eigenvalue weighted by Gasteiger charge is 2.16. The molecule has 1 rings (SSSR count). The van der Waals surface area contributed by atoms with Gasteiger partial charge in [-0.25, -0.2) is 4.63 Å². The first-order valence-corrected chi connectivity index (χ1v) is 5.32. The fourth-order valence-corrected chi connectivity index (χ4v) is 1.23. The normalized spacial score (nSPS) is 12.5. The maximum absolute atomic E-state index is 11.7. The molecule has 0 spiro atoms. The average molecular weight is 226 g/mol. The monoisotopic (exact) mass is 226 g/mol. The number of aryl methyl sites for hydroxylation is 1. The molecular formula is C10H18N4O2. The van der Waals surface area contributed by atoms with Crippen molar-refractivity contribution < 1.29 is 9.42 Å². The van der Waals surface area contributed by atoms with Gasteiger partial charge in [0.05, 0.1) is 6.04 Å². The number of nitrogens with zero attached hydrogens (tertiary/aromatic N) is 3. The van der Waals surface area contributed by atoms with Gasteiger partial charge in [-0.1, -0.05) is 10.3 Å². The average Bonchev–Trinajstić information content (AvgIpc) is 2.69. The van der Waals surface area contributed by atoms with Crippen molar-refractivity contribution in [1.29, 1.82) is 0 Å². The lowest BCUT2D eigenvalue weighted by atomic mass is 10.2. The van der Waals surface area contributed by atoms with E-state index in [1.165, 1.54) is 0 Å². The first-order valence-electron chi connectivity index (χ1n) is 5.32. The van der Waals surface area contributed by atoms with Gasteiger partial charge < -0.3 is 10.2 Å². The van der Waals surface area contributed by atoms with Crippen LogP contribution >= 0.6 is 0 Å². The highest BCUT2D eigenvalue weighted by atomic mass is 16.6. The van der Waals surface area contributed by atoms with E-state index in [0.29, 0.717) is 13.1 Å². The largest absolute Gasteiger partial charge is 0.345 e. The lowest BCUT2D eigenvalue weighted by Crippen LogP contribution is -2.42. The summed E-state index contributed by atoms with van der Waals surface area (Å²) in [6, 6.07) is -0.235. The van der Waals surface area contributed by atoms with Gasteiger partial charge in [0, 0.05) is 20.1 Å². The van der Waals surface area contributed by atoms with Crippen molar-refractivity contribution in [3.8, 4) is 0 Å². The van der Waals surface area contributed by atoms with Crippen LogP contribution in [0.5, 0.6) is 0 Å². The van der Waals surface area contributed by atoms with E-state index < -0.39 is 0 Å². The minimum atomic E-state index is -0.235. The first kappa shape index (κ1) is 12.6. The van der Waals surface area contributed by atoms with Crippen molar-refractivity contribution in [3.63, 3.8) is 0 Å². The Labute approximate surface area is 95.0 Å². The number of carbonyl (C=O) groups is 1. The van der Waals surface area contributed by atoms with Crippen LogP contribution in [0.1, 0.15) is 25.2 Å². The van der Waals surface area contributed by atoms with Gasteiger partial charge in [0.1, 0.15) is 11.4 Å². The first-order chi connectivity index (χ1) is 7.56. The van der Waals surface area contributed by atoms with Gasteiger partial charge in [0.2, 0.25) is 5.91 Å². The number of hydrogen-bond donors (Lipinski definition) is 1. The van der Waals surface area contributed by atoms with Crippen molar-refractivity contribution in [2.45, 2.75) is 33.4 Å². The highest BCUT2D eigenvalue weighted by molar-refractivity contribution is 5.81. The number of likely N-dealkylation sites (N-methyl/N-ethyl adjacent to an activating group) is 1. The summed E-state index contributed by atoms with van der Waals surface area (Å²) in [5.74, 6) is 0.0663. The van der Waals surface area contributed by atoms with Gasteiger partial charge in [-0.15, -0.1) is 0 Å². The summed E-state index contributed by atoms with van der Waals surface area (Å²) >= 11 is 0. The van der Waals surface area contributed by atoms with E-state index in [2.05, 4.69) is 20.3 Å². The Kier molecular flexibility index (Phi) is 4.42. The van der Waals surface area contributed by atoms with E-state index >= 15 is 0 Å². The molecule has 1 heterocycles. The standard InChI is InChI=1S/C10H18N4O2/c1-5-14(4)10(15)8(3)11-6-9-7(2)12-16-13-9/h8,11H,5-6H2,1-4H3. The van der Waals surface area contributed by atoms with Crippen LogP contribution in [0, 0.1) is 6.92 Å². The molecule has 0 saturated heterocycles. The molecule has 1 atom stereocenters. The van der Waals surface area contributed by atoms with E-state index in [1.54, 1.807) is 11.9 Å². The number of nitrogens with one attached hydrogen (secondary N) is 1. The van der Waals surface area contributed by atoms with Crippen molar-refractivity contribution in [2.24, 2.45) is 0 Å². The second-order valence-electron chi connectivity index (χ2n) is 3.75. The van der Waals surface area contributed by atoms with Gasteiger partial charge in [-0.3, -0.25) is 4.79 Å². The van der Waals surface area contributed by atoms with Gasteiger partial charge in [-0.05, 0) is 20.8 Å². The molecule has 6 heteroatoms. The zero-order chi connectivity index (χ0) is 12.1. The summed E-state index contributed by atoms with van der Waals surface area (Å²) in [5, 5.41) is 10.5. The molecule has 6 nitrogen and oxygen atoms in total. The number of carbonyl (C=O) groups excluding carboxylic acids is 1. The lowest BCUT2D eigenvalue weighted by Gasteiger charge is -2.20. The van der Waals surface area contributed by atoms with Gasteiger partial charge in [0.15, 0.2) is 0 Å². The fraction of sp³-hybridized carbons (Fsp3) is 0.700. The molecule has 1 amide bonds. The van der Waals surface area contributed by atoms with Crippen LogP contribution in [0.2, 0.25) is 0 Å². The van der Waals surface area contributed by atoms with E-state index in [4.69, 9.17) is 0 Å². The van der Waals surface area contributed by atoms with Crippen molar-refractivity contribution in [3.05, 3.63) is 11.4 Å². The third-order valence-corrected chi connectivity index (χ3v) is 2.54. The molecule has 16 heavy (non-hydrogen) atoms. The zero-order valence-electron chi connectivity index (χ0n) is 10.1. The van der Waals surface area contributed by atoms with Crippen LogP contribution in [0.4, 0.5) is 0 Å². The SMILES string of the molecule is CCN(C)C(=O)C(C)NCc1nonc1C. The second kappa shape index (κ2) is 5.60. The Hall–Kier alpha value is -1.43. The summed E-state index contributed by atoms with van der Waals surface area (Å²) in [7, 11) is 1.78. The summed E-state index contributed by atoms with van der Waals surface area (Å²) in [6.07, 6.45) is 0. The quantitative estimate of drug-likeness (QED) is 0.783. The highest BCUT2D eigenvalue weighted by Crippen LogP contribution is 2.00. The van der Waals surface area contributed by atoms with Gasteiger partial charge >= 0.3 is 0 Å². The Bertz CT molecular complexity index is 350. The number of amides is 1. The van der Waals surface area contributed by atoms with Crippen LogP contribution in [-0.2, 0) is 11.3 Å². The Morgan fingerprint density at radius 3 is 2.75 bits per heavy atom. The van der Waals surface area contributed by atoms with Crippen LogP contribution in [0.25, 0.3) is 0 Å². The molecular weight excluding hydrogens is 208 g/mol. The molecule has 0 aliphatic rings. The second-order valence-corrected chi connectivity index (χ2v) is 3.75. The van der Waals surface area contributed by atoms with Gasteiger partial charge in [-0.2, -0.15) is 0 Å². The molecule has 1 aromatic rings. The third kappa shape index (κ3) is 3.03. The summed E-state index contributed by atoms with van der Waals surface area (Å²) in [5.41, 5.74) is 1.48. The summed E-state index contributed by atoms with van der Waals surface area (Å²) in [4.78, 5) is 13.4. The molecule has 0 bridgehead atoms. The van der Waals surface area contributed by atoms with Gasteiger partial charge in [0.25, 0.3) is 0 Å². The van der Waals surface area contributed by atoms with Crippen LogP contribution in [0.3, 0.4) is 0 Å².